The van der Waals surface area contributed by atoms with Crippen molar-refractivity contribution in [3.8, 4) is 131 Å². The topological polar surface area (TPSA) is 313 Å². The Kier molecular flexibility index (Phi) is 29.2. The van der Waals surface area contributed by atoms with Crippen molar-refractivity contribution in [1.82, 2.24) is 60.8 Å². The van der Waals surface area contributed by atoms with Gasteiger partial charge < -0.3 is 59.8 Å². The summed E-state index contributed by atoms with van der Waals surface area (Å²) in [5, 5.41) is 54.5. The predicted molar refractivity (Wildman–Crippen MR) is 528 cm³/mol. The number of benzene rings is 8. The summed E-state index contributed by atoms with van der Waals surface area (Å²) in [5.41, 5.74) is 20.3. The highest BCUT2D eigenvalue weighted by molar-refractivity contribution is 7.19. The molecule has 8 aromatic carbocycles. The molecule has 0 unspecified atom stereocenters. The van der Waals surface area contributed by atoms with Crippen LogP contribution in [-0.4, -0.2) is 141 Å². The molecule has 4 N–H and O–H groups in total. The second-order valence-electron chi connectivity index (χ2n) is 36.3. The molecule has 28 heteroatoms. The van der Waals surface area contributed by atoms with Gasteiger partial charge in [-0.1, -0.05) is 86.6 Å². The van der Waals surface area contributed by atoms with E-state index < -0.39 is 0 Å². The van der Waals surface area contributed by atoms with Gasteiger partial charge in [-0.3, -0.25) is 0 Å². The van der Waals surface area contributed by atoms with Crippen molar-refractivity contribution in [3.05, 3.63) is 237 Å². The number of urea groups is 4. The van der Waals surface area contributed by atoms with Crippen LogP contribution in [0.2, 0.25) is 0 Å². The Balaban J connectivity index is 0.000000130. The number of nitrogens with zero attached hydrogens (tertiary/aromatic N) is 12. The average Bonchev–Trinajstić information content (AvgIpc) is 1.61. The number of aromatic nitrogens is 4. The third-order valence-electron chi connectivity index (χ3n) is 24.7. The Morgan fingerprint density at radius 1 is 0.373 bits per heavy atom. The maximum absolute atomic E-state index is 12.6. The lowest BCUT2D eigenvalue weighted by Gasteiger charge is -2.37. The van der Waals surface area contributed by atoms with Gasteiger partial charge in [0.25, 0.3) is 0 Å². The van der Waals surface area contributed by atoms with Crippen molar-refractivity contribution in [3.63, 3.8) is 0 Å². The third-order valence-corrected chi connectivity index (χ3v) is 29.0. The van der Waals surface area contributed by atoms with Crippen LogP contribution in [-0.2, 0) is 25.7 Å². The van der Waals surface area contributed by atoms with Crippen molar-refractivity contribution in [2.75, 3.05) is 53.4 Å². The highest BCUT2D eigenvalue weighted by Crippen LogP contribution is 2.48. The van der Waals surface area contributed by atoms with Gasteiger partial charge in [-0.25, -0.2) is 39.1 Å². The molecule has 4 aromatic heterocycles. The summed E-state index contributed by atoms with van der Waals surface area (Å²) in [6.07, 6.45) is 17.2. The minimum absolute atomic E-state index is 0.00549. The molecular formula is C106H110N16O8S4. The van der Waals surface area contributed by atoms with Crippen LogP contribution in [0.3, 0.4) is 0 Å². The largest absolute Gasteiger partial charge is 0.490 e. The van der Waals surface area contributed by atoms with Crippen LogP contribution >= 0.6 is 45.3 Å². The second kappa shape index (κ2) is 41.8. The number of carbonyl (C=O) groups is 4. The zero-order chi connectivity index (χ0) is 94.1. The number of hydrogen-bond donors (Lipinski definition) is 4. The molecular weight excluding hydrogens is 1750 g/mol. The monoisotopic (exact) mass is 1860 g/mol. The first kappa shape index (κ1) is 93.7. The number of fused-ring (bicyclic) bond motifs is 4. The molecule has 0 radical (unpaired) electrons. The fourth-order valence-electron chi connectivity index (χ4n) is 18.3. The summed E-state index contributed by atoms with van der Waals surface area (Å²) in [6.45, 7) is 25.0. The van der Waals surface area contributed by atoms with E-state index in [-0.39, 0.29) is 72.7 Å². The van der Waals surface area contributed by atoms with E-state index in [4.69, 9.17) is 18.9 Å². The lowest BCUT2D eigenvalue weighted by molar-refractivity contribution is 0.126. The highest BCUT2D eigenvalue weighted by atomic mass is 32.1. The number of carbonyl (C=O) groups excluding carboxylic acids is 4. The molecule has 3 fully saturated rings. The van der Waals surface area contributed by atoms with Crippen LogP contribution in [0.15, 0.2) is 170 Å². The van der Waals surface area contributed by atoms with E-state index in [0.29, 0.717) is 57.1 Å². The molecule has 8 amide bonds. The highest BCUT2D eigenvalue weighted by Gasteiger charge is 2.37. The van der Waals surface area contributed by atoms with Crippen LogP contribution < -0.4 is 40.2 Å². The maximum atomic E-state index is 12.6. The smallest absolute Gasteiger partial charge is 0.317 e. The number of nitrogens with one attached hydrogen (secondary N) is 4. The van der Waals surface area contributed by atoms with Crippen LogP contribution in [0.4, 0.5) is 19.2 Å². The number of rotatable bonds is 20. The molecule has 3 saturated heterocycles. The summed E-state index contributed by atoms with van der Waals surface area (Å²) in [6, 6.07) is 57.0. The van der Waals surface area contributed by atoms with Crippen molar-refractivity contribution in [2.24, 2.45) is 11.8 Å². The van der Waals surface area contributed by atoms with E-state index in [9.17, 15) is 40.2 Å². The van der Waals surface area contributed by atoms with Gasteiger partial charge >= 0.3 is 24.1 Å². The van der Waals surface area contributed by atoms with Crippen LogP contribution in [0.5, 0.6) is 23.0 Å². The quantitative estimate of drug-likeness (QED) is 0.0551. The maximum Gasteiger partial charge on any atom is 0.317 e. The molecule has 0 spiro atoms. The number of hydrogen-bond acceptors (Lipinski definition) is 20. The molecule has 0 bridgehead atoms. The van der Waals surface area contributed by atoms with Crippen molar-refractivity contribution in [2.45, 2.75) is 182 Å². The Bertz CT molecular complexity index is 6340. The van der Waals surface area contributed by atoms with E-state index in [0.717, 1.165) is 171 Å². The van der Waals surface area contributed by atoms with E-state index in [1.54, 1.807) is 64.3 Å². The fraction of sp³-hybridized carbons (Fsp3) is 0.358. The third kappa shape index (κ3) is 21.3. The molecule has 134 heavy (non-hydrogen) atoms. The molecule has 19 rings (SSSR count). The van der Waals surface area contributed by atoms with Gasteiger partial charge in [0.2, 0.25) is 0 Å². The Hall–Kier alpha value is -13.5. The summed E-state index contributed by atoms with van der Waals surface area (Å²) < 4.78 is 23.0. The van der Waals surface area contributed by atoms with E-state index in [2.05, 4.69) is 146 Å². The SMILES string of the molecule is CC(C)Oc1ccc(-c2ncc(-c3cccc4c3CC[C@@H]4NC(=O)N(C)C)s2)cc1C#N.CC(C)Oc1ccc(-c2ncc(-c3cccc4c3CC[C@H]4NC(=O)N3CCCC3)s2)cc1C#N.CC1CN(C(=O)N[C@@H]2CCc3c(-c4cnc(-c5ccc(OC(C)C)c(C#N)c5)s4)cccc32)C1.CC1CN(C(=O)N[C@H]2CCc3c(-c4cnc(-c5ccc(OC(C)C)c(C#N)c5)s4)cccc32)C1. The standard InChI is InChI=1S/3C27H28N4O2S.C25H26N4O2S/c2*1-16(2)33-24-10-7-18(11-19(24)12-28)26-29-13-25(34-26)22-6-4-5-21-20(22)8-9-23(21)30-27(32)31-14-17(3)15-31;1-17(2)33-24-11-8-18(14-19(24)15-28)26-29-16-25(34-26)22-7-5-6-21-20(22)9-10-23(21)30-27(32)31-12-3-4-13-31;1-15(2)31-22-11-8-16(12-17(22)13-26)24-27-14-23(32-24)20-7-5-6-19-18(20)9-10-21(19)28-25(30)29(3)4/h2*4-7,10-11,13,16-17,23H,8-9,14-15H2,1-3H3,(H,30,32);5-8,11,14,16-17,23H,3-4,9-10,12-13H2,1-2H3,(H,30,32);5-8,11-12,14-15,21H,9-10H2,1-4H3,(H,28,30)/t3*23-;21-/m1010/s1. The first-order valence-electron chi connectivity index (χ1n) is 46.1. The normalized spacial score (nSPS) is 16.6. The van der Waals surface area contributed by atoms with Gasteiger partial charge in [-0.2, -0.15) is 21.0 Å². The van der Waals surface area contributed by atoms with Crippen molar-refractivity contribution < 1.29 is 38.1 Å². The van der Waals surface area contributed by atoms with Gasteiger partial charge in [0, 0.05) is 100 Å². The fourth-order valence-corrected chi connectivity index (χ4v) is 22.2. The first-order valence-corrected chi connectivity index (χ1v) is 49.3. The average molecular weight is 1860 g/mol. The number of ether oxygens (including phenoxy) is 4. The van der Waals surface area contributed by atoms with Gasteiger partial charge in [0.15, 0.2) is 0 Å². The lowest BCUT2D eigenvalue weighted by atomic mass is 10.0. The van der Waals surface area contributed by atoms with Gasteiger partial charge in [0.1, 0.15) is 67.3 Å². The number of amides is 8. The minimum Gasteiger partial charge on any atom is -0.490 e. The van der Waals surface area contributed by atoms with Gasteiger partial charge in [-0.15, -0.1) is 45.3 Å². The summed E-state index contributed by atoms with van der Waals surface area (Å²) in [5.74, 6) is 3.57. The molecule has 12 aromatic rings. The molecule has 686 valence electrons. The Labute approximate surface area is 799 Å². The van der Waals surface area contributed by atoms with E-state index in [1.165, 1.54) is 61.2 Å². The van der Waals surface area contributed by atoms with E-state index >= 15 is 0 Å². The van der Waals surface area contributed by atoms with Gasteiger partial charge in [-0.05, 0) is 271 Å². The Morgan fingerprint density at radius 2 is 0.627 bits per heavy atom. The zero-order valence-electron chi connectivity index (χ0n) is 77.5. The van der Waals surface area contributed by atoms with Crippen LogP contribution in [0, 0.1) is 57.2 Å². The van der Waals surface area contributed by atoms with Crippen LogP contribution in [0.25, 0.3) is 84.0 Å². The second-order valence-corrected chi connectivity index (χ2v) is 40.5. The number of nitriles is 4. The molecule has 24 nitrogen and oxygen atoms in total. The van der Waals surface area contributed by atoms with Gasteiger partial charge in [0.05, 0.1) is 90.3 Å². The number of thiazole rings is 4. The molecule has 3 aliphatic heterocycles. The Morgan fingerprint density at radius 3 is 0.866 bits per heavy atom. The lowest BCUT2D eigenvalue weighted by Crippen LogP contribution is -2.53. The minimum atomic E-state index is -0.0773. The molecule has 4 atom stereocenters. The first-order chi connectivity index (χ1) is 64.7. The van der Waals surface area contributed by atoms with Crippen molar-refractivity contribution in [1.29, 1.82) is 21.0 Å². The van der Waals surface area contributed by atoms with Crippen LogP contribution in [0.1, 0.15) is 199 Å². The van der Waals surface area contributed by atoms with E-state index in [1.807, 2.05) is 174 Å². The molecule has 7 aliphatic rings. The molecule has 7 heterocycles. The van der Waals surface area contributed by atoms with Crippen molar-refractivity contribution >= 4 is 69.5 Å². The number of likely N-dealkylation sites (tertiary alicyclic amines) is 3. The summed E-state index contributed by atoms with van der Waals surface area (Å²) in [7, 11) is 3.50. The molecule has 0 saturated carbocycles. The zero-order valence-corrected chi connectivity index (χ0v) is 80.8. The summed E-state index contributed by atoms with van der Waals surface area (Å²) >= 11 is 6.47. The molecule has 4 aliphatic carbocycles. The summed E-state index contributed by atoms with van der Waals surface area (Å²) in [4.78, 5) is 80.1. The predicted octanol–water partition coefficient (Wildman–Crippen LogP) is 22.9.